The molecule has 0 aliphatic carbocycles. The maximum absolute atomic E-state index is 12.5. The Hall–Kier alpha value is -4.46. The summed E-state index contributed by atoms with van der Waals surface area (Å²) in [6.07, 6.45) is 9.58. The third kappa shape index (κ3) is 7.11. The van der Waals surface area contributed by atoms with E-state index < -0.39 is 0 Å². The van der Waals surface area contributed by atoms with E-state index in [-0.39, 0.29) is 5.91 Å². The Kier molecular flexibility index (Phi) is 10.0. The van der Waals surface area contributed by atoms with Crippen LogP contribution in [0, 0.1) is 11.8 Å². The van der Waals surface area contributed by atoms with E-state index in [0.717, 1.165) is 72.1 Å². The van der Waals surface area contributed by atoms with E-state index in [0.29, 0.717) is 49.6 Å². The number of rotatable bonds is 10. The van der Waals surface area contributed by atoms with Gasteiger partial charge in [0.05, 0.1) is 5.69 Å². The van der Waals surface area contributed by atoms with Crippen LogP contribution in [0.4, 0.5) is 0 Å². The second-order valence-electron chi connectivity index (χ2n) is 13.6. The van der Waals surface area contributed by atoms with Crippen molar-refractivity contribution in [3.05, 3.63) is 83.8 Å². The smallest absolute Gasteiger partial charge is 0.223 e. The molecule has 2 atom stereocenters. The number of aromatic nitrogens is 4. The van der Waals surface area contributed by atoms with E-state index in [2.05, 4.69) is 71.9 Å². The van der Waals surface area contributed by atoms with Gasteiger partial charge in [-0.1, -0.05) is 70.9 Å². The number of benzene rings is 1. The van der Waals surface area contributed by atoms with Gasteiger partial charge in [0.15, 0.2) is 0 Å². The molecule has 2 amide bonds. The first-order valence-electron chi connectivity index (χ1n) is 17.4. The number of fused-ring (bicyclic) bond motifs is 2. The summed E-state index contributed by atoms with van der Waals surface area (Å²) in [4.78, 5) is 44.6. The Morgan fingerprint density at radius 2 is 1.26 bits per heavy atom. The van der Waals surface area contributed by atoms with Gasteiger partial charge in [-0.25, -0.2) is 9.97 Å². The number of likely N-dealkylation sites (tertiary alicyclic amines) is 2. The van der Waals surface area contributed by atoms with Gasteiger partial charge in [-0.3, -0.25) is 9.59 Å². The summed E-state index contributed by atoms with van der Waals surface area (Å²) in [6, 6.07) is 18.4. The van der Waals surface area contributed by atoms with Gasteiger partial charge in [-0.2, -0.15) is 0 Å². The second kappa shape index (κ2) is 14.5. The first kappa shape index (κ1) is 32.5. The van der Waals surface area contributed by atoms with Crippen LogP contribution in [0.2, 0.25) is 0 Å². The van der Waals surface area contributed by atoms with Gasteiger partial charge < -0.3 is 19.8 Å². The summed E-state index contributed by atoms with van der Waals surface area (Å²) in [5, 5.41) is 2.26. The minimum Gasteiger partial charge on any atom is -0.343 e. The van der Waals surface area contributed by atoms with Crippen LogP contribution in [0.25, 0.3) is 33.3 Å². The molecule has 5 aromatic rings. The summed E-state index contributed by atoms with van der Waals surface area (Å²) in [5.41, 5.74) is 7.63. The van der Waals surface area contributed by atoms with Crippen molar-refractivity contribution in [3.63, 3.8) is 0 Å². The molecule has 2 unspecified atom stereocenters. The summed E-state index contributed by atoms with van der Waals surface area (Å²) < 4.78 is 0. The molecule has 4 aromatic heterocycles. The van der Waals surface area contributed by atoms with E-state index in [9.17, 15) is 9.59 Å². The molecule has 0 bridgehead atoms. The highest BCUT2D eigenvalue weighted by Gasteiger charge is 2.31. The number of pyridine rings is 2. The van der Waals surface area contributed by atoms with Gasteiger partial charge in [0, 0.05) is 79.0 Å². The van der Waals surface area contributed by atoms with E-state index >= 15 is 0 Å². The topological polar surface area (TPSA) is 98.0 Å². The van der Waals surface area contributed by atoms with Crippen molar-refractivity contribution in [1.82, 2.24) is 29.7 Å². The standard InChI is InChI=1S/C21H23N3O.C18H25N3O/c1-2-7-15-12-19(25)24(13-15)14-18-17-10-6-11-22-21(17)23-20(18)16-8-4-3-5-9-16;1-4-6-13-9-16(22)21(10-13)11-15-14-7-5-8-19-18(14)20-17(15)12(2)3/h3-6,8-11,15H,2,7,12-14H2,1H3,(H,22,23);5,7-8,12-13H,4,6,9-11H2,1-3H3,(H,19,20). The molecule has 2 N–H and O–H groups in total. The number of hydrogen-bond donors (Lipinski definition) is 2. The van der Waals surface area contributed by atoms with Crippen LogP contribution in [-0.4, -0.2) is 54.6 Å². The van der Waals surface area contributed by atoms with Gasteiger partial charge in [0.2, 0.25) is 11.8 Å². The number of carbonyl (C=O) groups is 2. The molecular formula is C39H48N6O2. The van der Waals surface area contributed by atoms with E-state index in [1.807, 2.05) is 46.3 Å². The van der Waals surface area contributed by atoms with Crippen molar-refractivity contribution in [1.29, 1.82) is 0 Å². The fraction of sp³-hybridized carbons (Fsp3) is 0.436. The highest BCUT2D eigenvalue weighted by molar-refractivity contribution is 5.89. The Bertz CT molecular complexity index is 1820. The maximum Gasteiger partial charge on any atom is 0.223 e. The van der Waals surface area contributed by atoms with Crippen LogP contribution in [-0.2, 0) is 22.7 Å². The Morgan fingerprint density at radius 3 is 1.81 bits per heavy atom. The average molecular weight is 633 g/mol. The number of hydrogen-bond acceptors (Lipinski definition) is 4. The van der Waals surface area contributed by atoms with Gasteiger partial charge in [0.25, 0.3) is 0 Å². The second-order valence-corrected chi connectivity index (χ2v) is 13.6. The SMILES string of the molecule is CCCC1CC(=O)N(Cc2c(-c3ccccc3)[nH]c3ncccc23)C1.CCCC1CC(=O)N(Cc2c(C(C)C)[nH]c3ncccc23)C1. The number of nitrogens with one attached hydrogen (secondary N) is 2. The normalized spacial score (nSPS) is 18.1. The zero-order valence-electron chi connectivity index (χ0n) is 28.3. The molecule has 8 heteroatoms. The maximum atomic E-state index is 12.5. The number of nitrogens with zero attached hydrogens (tertiary/aromatic N) is 4. The minimum atomic E-state index is 0.274. The lowest BCUT2D eigenvalue weighted by atomic mass is 10.0. The van der Waals surface area contributed by atoms with Gasteiger partial charge in [0.1, 0.15) is 11.3 Å². The predicted octanol–water partition coefficient (Wildman–Crippen LogP) is 8.21. The van der Waals surface area contributed by atoms with Gasteiger partial charge in [-0.05, 0) is 60.4 Å². The Morgan fingerprint density at radius 1 is 0.723 bits per heavy atom. The quantitative estimate of drug-likeness (QED) is 0.162. The molecule has 2 aliphatic heterocycles. The van der Waals surface area contributed by atoms with Crippen molar-refractivity contribution in [2.24, 2.45) is 11.8 Å². The van der Waals surface area contributed by atoms with Crippen LogP contribution in [0.15, 0.2) is 67.0 Å². The number of carbonyl (C=O) groups excluding carboxylic acids is 2. The number of amides is 2. The van der Waals surface area contributed by atoms with Crippen molar-refractivity contribution < 1.29 is 9.59 Å². The van der Waals surface area contributed by atoms with Crippen molar-refractivity contribution >= 4 is 33.9 Å². The molecule has 0 radical (unpaired) electrons. The predicted molar refractivity (Wildman–Crippen MR) is 189 cm³/mol. The van der Waals surface area contributed by atoms with Gasteiger partial charge >= 0.3 is 0 Å². The Labute approximate surface area is 278 Å². The molecule has 2 aliphatic rings. The largest absolute Gasteiger partial charge is 0.343 e. The molecule has 2 fully saturated rings. The Balaban J connectivity index is 0.000000166. The molecule has 6 heterocycles. The molecule has 0 saturated carbocycles. The van der Waals surface area contributed by atoms with E-state index in [1.54, 1.807) is 6.20 Å². The first-order valence-corrected chi connectivity index (χ1v) is 17.4. The van der Waals surface area contributed by atoms with Crippen LogP contribution in [0.5, 0.6) is 0 Å². The van der Waals surface area contributed by atoms with Crippen molar-refractivity contribution in [2.45, 2.75) is 85.2 Å². The molecule has 8 nitrogen and oxygen atoms in total. The van der Waals surface area contributed by atoms with Gasteiger partial charge in [-0.15, -0.1) is 0 Å². The molecule has 1 aromatic carbocycles. The summed E-state index contributed by atoms with van der Waals surface area (Å²) in [5.74, 6) is 2.00. The minimum absolute atomic E-state index is 0.274. The lowest BCUT2D eigenvalue weighted by molar-refractivity contribution is -0.129. The zero-order valence-corrected chi connectivity index (χ0v) is 28.3. The summed E-state index contributed by atoms with van der Waals surface area (Å²) >= 11 is 0. The zero-order chi connectivity index (χ0) is 32.9. The monoisotopic (exact) mass is 632 g/mol. The van der Waals surface area contributed by atoms with E-state index in [1.165, 1.54) is 16.8 Å². The van der Waals surface area contributed by atoms with Crippen molar-refractivity contribution in [2.75, 3.05) is 13.1 Å². The highest BCUT2D eigenvalue weighted by atomic mass is 16.2. The third-order valence-electron chi connectivity index (χ3n) is 9.71. The first-order chi connectivity index (χ1) is 22.9. The highest BCUT2D eigenvalue weighted by Crippen LogP contribution is 2.33. The van der Waals surface area contributed by atoms with E-state index in [4.69, 9.17) is 0 Å². The lowest BCUT2D eigenvalue weighted by Crippen LogP contribution is -2.25. The molecule has 246 valence electrons. The van der Waals surface area contributed by atoms with Crippen LogP contribution >= 0.6 is 0 Å². The van der Waals surface area contributed by atoms with Crippen molar-refractivity contribution in [3.8, 4) is 11.3 Å². The van der Waals surface area contributed by atoms with Crippen LogP contribution in [0.3, 0.4) is 0 Å². The fourth-order valence-corrected chi connectivity index (χ4v) is 7.45. The van der Waals surface area contributed by atoms with Crippen LogP contribution < -0.4 is 0 Å². The van der Waals surface area contributed by atoms with Crippen LogP contribution in [0.1, 0.15) is 89.0 Å². The molecule has 47 heavy (non-hydrogen) atoms. The summed E-state index contributed by atoms with van der Waals surface area (Å²) in [6.45, 7) is 11.9. The molecular weight excluding hydrogens is 584 g/mol. The number of H-pyrrole nitrogens is 2. The lowest BCUT2D eigenvalue weighted by Gasteiger charge is -2.18. The fourth-order valence-electron chi connectivity index (χ4n) is 7.45. The molecule has 2 saturated heterocycles. The summed E-state index contributed by atoms with van der Waals surface area (Å²) in [7, 11) is 0. The molecule has 7 rings (SSSR count). The molecule has 0 spiro atoms. The number of aromatic amines is 2. The average Bonchev–Trinajstić information content (AvgIpc) is 3.83. The third-order valence-corrected chi connectivity index (χ3v) is 9.71.